The van der Waals surface area contributed by atoms with E-state index in [2.05, 4.69) is 5.32 Å². The van der Waals surface area contributed by atoms with Crippen LogP contribution in [0.15, 0.2) is 0 Å². The van der Waals surface area contributed by atoms with Crippen molar-refractivity contribution in [3.63, 3.8) is 0 Å². The largest absolute Gasteiger partial charge is 0.396 e. The average molecular weight is 195 g/mol. The van der Waals surface area contributed by atoms with Crippen molar-refractivity contribution in [2.75, 3.05) is 13.2 Å². The van der Waals surface area contributed by atoms with Crippen molar-refractivity contribution >= 4 is 0 Å². The molecule has 0 aromatic heterocycles. The molecular weight excluding hydrogens is 176 g/mol. The minimum atomic E-state index is -2.31. The van der Waals surface area contributed by atoms with Crippen LogP contribution in [0.1, 0.15) is 26.7 Å². The summed E-state index contributed by atoms with van der Waals surface area (Å²) in [5.41, 5.74) is 0. The van der Waals surface area contributed by atoms with Gasteiger partial charge in [-0.05, 0) is 25.8 Å². The van der Waals surface area contributed by atoms with E-state index in [1.54, 1.807) is 0 Å². The Labute approximate surface area is 78.3 Å². The van der Waals surface area contributed by atoms with E-state index in [1.807, 2.05) is 6.92 Å². The van der Waals surface area contributed by atoms with Crippen molar-refractivity contribution in [3.05, 3.63) is 0 Å². The van der Waals surface area contributed by atoms with Crippen molar-refractivity contribution in [2.45, 2.75) is 39.2 Å². The van der Waals surface area contributed by atoms with E-state index in [4.69, 9.17) is 5.11 Å². The monoisotopic (exact) mass is 195 g/mol. The number of alkyl halides is 2. The molecule has 80 valence electrons. The number of aliphatic hydroxyl groups excluding tert-OH is 1. The number of hydrogen-bond acceptors (Lipinski definition) is 2. The van der Waals surface area contributed by atoms with Crippen LogP contribution in [0.5, 0.6) is 0 Å². The summed E-state index contributed by atoms with van der Waals surface area (Å²) >= 11 is 0. The van der Waals surface area contributed by atoms with Gasteiger partial charge >= 0.3 is 0 Å². The topological polar surface area (TPSA) is 32.3 Å². The zero-order valence-electron chi connectivity index (χ0n) is 8.26. The Morgan fingerprint density at radius 2 is 2.00 bits per heavy atom. The molecule has 0 aliphatic carbocycles. The number of rotatable bonds is 7. The lowest BCUT2D eigenvalue weighted by molar-refractivity contribution is 0.103. The Morgan fingerprint density at radius 3 is 2.38 bits per heavy atom. The molecule has 2 nitrogen and oxygen atoms in total. The maximum atomic E-state index is 12.1. The summed E-state index contributed by atoms with van der Waals surface area (Å²) in [4.78, 5) is 0. The molecule has 0 aromatic carbocycles. The third-order valence-electron chi connectivity index (χ3n) is 2.22. The van der Waals surface area contributed by atoms with Crippen LogP contribution >= 0.6 is 0 Å². The zero-order valence-corrected chi connectivity index (χ0v) is 8.26. The summed E-state index contributed by atoms with van der Waals surface area (Å²) in [6.45, 7) is 4.15. The summed E-state index contributed by atoms with van der Waals surface area (Å²) in [7, 11) is 0. The van der Waals surface area contributed by atoms with Crippen molar-refractivity contribution in [1.29, 1.82) is 0 Å². The number of halogens is 2. The van der Waals surface area contributed by atoms with Crippen LogP contribution in [0.2, 0.25) is 0 Å². The van der Waals surface area contributed by atoms with Gasteiger partial charge in [-0.3, -0.25) is 0 Å². The van der Waals surface area contributed by atoms with Gasteiger partial charge in [-0.15, -0.1) is 0 Å². The zero-order chi connectivity index (χ0) is 10.3. The molecule has 0 aromatic rings. The molecule has 0 heterocycles. The first-order chi connectivity index (χ1) is 6.11. The molecule has 4 heteroatoms. The van der Waals surface area contributed by atoms with Gasteiger partial charge < -0.3 is 10.4 Å². The minimum Gasteiger partial charge on any atom is -0.396 e. The van der Waals surface area contributed by atoms with E-state index < -0.39 is 12.5 Å². The van der Waals surface area contributed by atoms with Crippen molar-refractivity contribution < 1.29 is 13.9 Å². The molecule has 0 fully saturated rings. The highest BCUT2D eigenvalue weighted by atomic mass is 19.3. The second-order valence-corrected chi connectivity index (χ2v) is 3.32. The molecule has 2 unspecified atom stereocenters. The molecule has 13 heavy (non-hydrogen) atoms. The van der Waals surface area contributed by atoms with E-state index >= 15 is 0 Å². The molecule has 0 saturated heterocycles. The van der Waals surface area contributed by atoms with Crippen LogP contribution in [-0.2, 0) is 0 Å². The average Bonchev–Trinajstić information content (AvgIpc) is 2.11. The number of hydrogen-bond donors (Lipinski definition) is 2. The minimum absolute atomic E-state index is 0.128. The normalized spacial score (nSPS) is 16.2. The maximum Gasteiger partial charge on any atom is 0.253 e. The van der Waals surface area contributed by atoms with Gasteiger partial charge in [0.2, 0.25) is 0 Å². The molecule has 0 radical (unpaired) electrons. The molecule has 0 aliphatic rings. The van der Waals surface area contributed by atoms with E-state index in [1.165, 1.54) is 6.92 Å². The van der Waals surface area contributed by atoms with Crippen LogP contribution in [0, 0.1) is 5.92 Å². The van der Waals surface area contributed by atoms with Gasteiger partial charge in [0.15, 0.2) is 0 Å². The Morgan fingerprint density at radius 1 is 1.38 bits per heavy atom. The first kappa shape index (κ1) is 12.8. The van der Waals surface area contributed by atoms with Gasteiger partial charge in [-0.2, -0.15) is 0 Å². The molecule has 0 saturated carbocycles. The molecule has 0 bridgehead atoms. The molecule has 2 N–H and O–H groups in total. The summed E-state index contributed by atoms with van der Waals surface area (Å²) in [6.07, 6.45) is -0.727. The quantitative estimate of drug-likeness (QED) is 0.647. The van der Waals surface area contributed by atoms with Crippen molar-refractivity contribution in [2.24, 2.45) is 5.92 Å². The summed E-state index contributed by atoms with van der Waals surface area (Å²) < 4.78 is 24.1. The van der Waals surface area contributed by atoms with Gasteiger partial charge in [-0.1, -0.05) is 13.3 Å². The SMILES string of the molecule is CCC(CCO)CNC(C)C(F)F. The molecule has 0 amide bonds. The van der Waals surface area contributed by atoms with Gasteiger partial charge in [0.1, 0.15) is 0 Å². The molecular formula is C9H19F2NO. The predicted octanol–water partition coefficient (Wildman–Crippen LogP) is 1.64. The smallest absolute Gasteiger partial charge is 0.253 e. The summed E-state index contributed by atoms with van der Waals surface area (Å²) in [6, 6.07) is -0.757. The lowest BCUT2D eigenvalue weighted by Gasteiger charge is -2.18. The molecule has 0 aliphatic heterocycles. The first-order valence-electron chi connectivity index (χ1n) is 4.74. The molecule has 2 atom stereocenters. The highest BCUT2D eigenvalue weighted by molar-refractivity contribution is 4.67. The maximum absolute atomic E-state index is 12.1. The predicted molar refractivity (Wildman–Crippen MR) is 49.0 cm³/mol. The number of nitrogens with one attached hydrogen (secondary N) is 1. The Balaban J connectivity index is 3.58. The lowest BCUT2D eigenvalue weighted by atomic mass is 10.0. The fraction of sp³-hybridized carbons (Fsp3) is 1.00. The van der Waals surface area contributed by atoms with Gasteiger partial charge in [0.25, 0.3) is 6.43 Å². The van der Waals surface area contributed by atoms with Crippen LogP contribution in [0.25, 0.3) is 0 Å². The van der Waals surface area contributed by atoms with E-state index in [9.17, 15) is 8.78 Å². The second kappa shape index (κ2) is 7.21. The third-order valence-corrected chi connectivity index (χ3v) is 2.22. The van der Waals surface area contributed by atoms with Crippen LogP contribution in [0.3, 0.4) is 0 Å². The highest BCUT2D eigenvalue weighted by Gasteiger charge is 2.15. The lowest BCUT2D eigenvalue weighted by Crippen LogP contribution is -2.36. The van der Waals surface area contributed by atoms with Crippen molar-refractivity contribution in [3.8, 4) is 0 Å². The Bertz CT molecular complexity index is 122. The molecule has 0 rings (SSSR count). The summed E-state index contributed by atoms with van der Waals surface area (Å²) in [5, 5.41) is 11.4. The fourth-order valence-corrected chi connectivity index (χ4v) is 1.07. The van der Waals surface area contributed by atoms with Crippen LogP contribution in [0.4, 0.5) is 8.78 Å². The van der Waals surface area contributed by atoms with Gasteiger partial charge in [-0.25, -0.2) is 8.78 Å². The van der Waals surface area contributed by atoms with Crippen molar-refractivity contribution in [1.82, 2.24) is 5.32 Å². The highest BCUT2D eigenvalue weighted by Crippen LogP contribution is 2.07. The van der Waals surface area contributed by atoms with E-state index in [0.29, 0.717) is 18.9 Å². The van der Waals surface area contributed by atoms with Gasteiger partial charge in [0, 0.05) is 6.61 Å². The Hall–Kier alpha value is -0.220. The van der Waals surface area contributed by atoms with Gasteiger partial charge in [0.05, 0.1) is 6.04 Å². The first-order valence-corrected chi connectivity index (χ1v) is 4.74. The van der Waals surface area contributed by atoms with Crippen LogP contribution in [-0.4, -0.2) is 30.7 Å². The fourth-order valence-electron chi connectivity index (χ4n) is 1.07. The molecule has 0 spiro atoms. The third kappa shape index (κ3) is 5.93. The van der Waals surface area contributed by atoms with E-state index in [0.717, 1.165) is 6.42 Å². The Kier molecular flexibility index (Phi) is 7.09. The van der Waals surface area contributed by atoms with Crippen LogP contribution < -0.4 is 5.32 Å². The standard InChI is InChI=1S/C9H19F2NO/c1-3-8(4-5-13)6-12-7(2)9(10)11/h7-9,12-13H,3-6H2,1-2H3. The second-order valence-electron chi connectivity index (χ2n) is 3.32. The van der Waals surface area contributed by atoms with E-state index in [-0.39, 0.29) is 6.61 Å². The summed E-state index contributed by atoms with van der Waals surface area (Å²) in [5.74, 6) is 0.297. The number of aliphatic hydroxyl groups is 1.